The molecule has 1 unspecified atom stereocenters. The first kappa shape index (κ1) is 41.7. The predicted octanol–water partition coefficient (Wildman–Crippen LogP) is 16.6. The number of pyridine rings is 2. The van der Waals surface area contributed by atoms with Crippen LogP contribution in [-0.2, 0) is 16.2 Å². The number of benzene rings is 10. The molecule has 76 heavy (non-hydrogen) atoms. The highest BCUT2D eigenvalue weighted by atomic mass is 15.0. The lowest BCUT2D eigenvalue weighted by molar-refractivity contribution is 0.620. The van der Waals surface area contributed by atoms with Gasteiger partial charge in [-0.2, -0.15) is 0 Å². The second-order valence-electron chi connectivity index (χ2n) is 21.0. The van der Waals surface area contributed by atoms with E-state index in [1.807, 2.05) is 6.20 Å². The fourth-order valence-electron chi connectivity index (χ4n) is 15.1. The molecule has 0 N–H and O–H groups in total. The number of rotatable bonds is 4. The van der Waals surface area contributed by atoms with E-state index in [1.165, 1.54) is 94.2 Å². The number of aromatic nitrogens is 3. The lowest BCUT2D eigenvalue weighted by atomic mass is 9.51. The summed E-state index contributed by atoms with van der Waals surface area (Å²) in [6.07, 6.45) is 4.03. The maximum absolute atomic E-state index is 5.58. The Kier molecular flexibility index (Phi) is 8.34. The van der Waals surface area contributed by atoms with Crippen LogP contribution in [0.15, 0.2) is 273 Å². The zero-order valence-electron chi connectivity index (χ0n) is 41.3. The maximum Gasteiger partial charge on any atom is 0.0937 e. The van der Waals surface area contributed by atoms with E-state index in [2.05, 4.69) is 272 Å². The van der Waals surface area contributed by atoms with Crippen LogP contribution in [0.3, 0.4) is 0 Å². The standard InChI is InChI=1S/C73H45N3/c1-4-21-48(22-5-1)71(49-23-6-2-7-24-49)60-34-17-18-35-61(60)73(64-43-56-53-29-12-16-33-59(53)72(63(56)44-65(64)71)57-31-14-10-27-51(57)52-28-11-15-32-58(52)72)62-36-20-40-74-69(62)70-66(73)41-47(45-75-70)46-38-39-55-54-30-13-19-37-67(54)76(68(55)42-46)50-25-8-3-9-26-50/h1-45H. The zero-order valence-corrected chi connectivity index (χ0v) is 41.3. The summed E-state index contributed by atoms with van der Waals surface area (Å²) in [5, 5.41) is 2.45. The summed E-state index contributed by atoms with van der Waals surface area (Å²) in [4.78, 5) is 10.9. The molecule has 0 saturated carbocycles. The number of nitrogens with zero attached hydrogens (tertiary/aromatic N) is 3. The molecule has 0 fully saturated rings. The normalized spacial score (nSPS) is 16.2. The summed E-state index contributed by atoms with van der Waals surface area (Å²) in [5.41, 5.74) is 25.5. The Bertz CT molecular complexity index is 4500. The molecule has 0 radical (unpaired) electrons. The molecule has 17 rings (SSSR count). The molecule has 3 heterocycles. The molecule has 0 saturated heterocycles. The lowest BCUT2D eigenvalue weighted by Crippen LogP contribution is -2.45. The molecular formula is C73H45N3. The van der Waals surface area contributed by atoms with Gasteiger partial charge in [0.1, 0.15) is 0 Å². The maximum atomic E-state index is 5.58. The van der Waals surface area contributed by atoms with Crippen molar-refractivity contribution in [2.24, 2.45) is 0 Å². The molecule has 3 heteroatoms. The van der Waals surface area contributed by atoms with Crippen molar-refractivity contribution in [3.8, 4) is 50.5 Å². The van der Waals surface area contributed by atoms with E-state index in [-0.39, 0.29) is 0 Å². The van der Waals surface area contributed by atoms with Crippen molar-refractivity contribution in [3.05, 3.63) is 340 Å². The van der Waals surface area contributed by atoms with Crippen LogP contribution in [0.25, 0.3) is 72.3 Å². The van der Waals surface area contributed by atoms with Crippen LogP contribution in [-0.4, -0.2) is 14.5 Å². The Morgan fingerprint density at radius 2 is 0.776 bits per heavy atom. The largest absolute Gasteiger partial charge is 0.309 e. The van der Waals surface area contributed by atoms with Crippen LogP contribution in [0.4, 0.5) is 0 Å². The van der Waals surface area contributed by atoms with E-state index in [4.69, 9.17) is 9.97 Å². The minimum atomic E-state index is -0.824. The van der Waals surface area contributed by atoms with Gasteiger partial charge in [-0.3, -0.25) is 9.97 Å². The average Bonchev–Trinajstić information content (AvgIpc) is 4.24. The number of hydrogen-bond acceptors (Lipinski definition) is 2. The Balaban J connectivity index is 1.02. The van der Waals surface area contributed by atoms with Crippen molar-refractivity contribution in [3.63, 3.8) is 0 Å². The van der Waals surface area contributed by atoms with Crippen LogP contribution >= 0.6 is 0 Å². The number of hydrogen-bond donors (Lipinski definition) is 0. The third kappa shape index (κ3) is 5.03. The van der Waals surface area contributed by atoms with Gasteiger partial charge in [0.05, 0.1) is 38.7 Å². The molecule has 4 aliphatic rings. The summed E-state index contributed by atoms with van der Waals surface area (Å²) < 4.78 is 2.41. The van der Waals surface area contributed by atoms with Gasteiger partial charge < -0.3 is 4.57 Å². The van der Waals surface area contributed by atoms with Crippen LogP contribution in [0.1, 0.15) is 66.8 Å². The van der Waals surface area contributed by atoms with E-state index in [9.17, 15) is 0 Å². The van der Waals surface area contributed by atoms with Crippen molar-refractivity contribution < 1.29 is 0 Å². The van der Waals surface area contributed by atoms with Gasteiger partial charge in [-0.05, 0) is 131 Å². The molecule has 0 aliphatic heterocycles. The SMILES string of the molecule is c1ccc(-n2c3ccccc3c3ccc(-c4cnc5c(c4)C4(c6ccccc6C(c6ccccc6)(c6ccccc6)c6cc7c(cc64)-c4ccccc4C74c6ccccc6-c6ccccc64)c4cccnc4-5)cc32)cc1. The van der Waals surface area contributed by atoms with Crippen LogP contribution in [0, 0.1) is 0 Å². The Hall–Kier alpha value is -9.70. The molecule has 2 spiro atoms. The van der Waals surface area contributed by atoms with Gasteiger partial charge in [0.25, 0.3) is 0 Å². The van der Waals surface area contributed by atoms with Crippen LogP contribution in [0.5, 0.6) is 0 Å². The molecule has 0 bridgehead atoms. The minimum Gasteiger partial charge on any atom is -0.309 e. The van der Waals surface area contributed by atoms with E-state index in [0.29, 0.717) is 0 Å². The van der Waals surface area contributed by atoms with Crippen molar-refractivity contribution in [2.75, 3.05) is 0 Å². The predicted molar refractivity (Wildman–Crippen MR) is 307 cm³/mol. The number of para-hydroxylation sites is 2. The second-order valence-corrected chi connectivity index (χ2v) is 21.0. The Morgan fingerprint density at radius 3 is 1.45 bits per heavy atom. The molecule has 352 valence electrons. The Labute approximate surface area is 440 Å². The first-order valence-electron chi connectivity index (χ1n) is 26.5. The third-order valence-electron chi connectivity index (χ3n) is 17.8. The minimum absolute atomic E-state index is 0.556. The van der Waals surface area contributed by atoms with Gasteiger partial charge >= 0.3 is 0 Å². The summed E-state index contributed by atoms with van der Waals surface area (Å²) in [6.45, 7) is 0. The van der Waals surface area contributed by atoms with Gasteiger partial charge in [0.2, 0.25) is 0 Å². The summed E-state index contributed by atoms with van der Waals surface area (Å²) >= 11 is 0. The molecular weight excluding hydrogens is 919 g/mol. The number of fused-ring (bicyclic) bond motifs is 22. The molecule has 0 amide bonds. The van der Waals surface area contributed by atoms with Crippen molar-refractivity contribution in [1.82, 2.24) is 14.5 Å². The van der Waals surface area contributed by atoms with Gasteiger partial charge in [-0.1, -0.05) is 218 Å². The molecule has 4 aliphatic carbocycles. The van der Waals surface area contributed by atoms with Gasteiger partial charge in [-0.25, -0.2) is 0 Å². The molecule has 1 atom stereocenters. The summed E-state index contributed by atoms with van der Waals surface area (Å²) in [5.74, 6) is 0. The monoisotopic (exact) mass is 963 g/mol. The average molecular weight is 964 g/mol. The third-order valence-corrected chi connectivity index (χ3v) is 17.8. The zero-order chi connectivity index (χ0) is 49.7. The van der Waals surface area contributed by atoms with E-state index in [1.54, 1.807) is 0 Å². The molecule has 13 aromatic rings. The topological polar surface area (TPSA) is 30.7 Å². The van der Waals surface area contributed by atoms with Crippen molar-refractivity contribution in [2.45, 2.75) is 16.2 Å². The van der Waals surface area contributed by atoms with Crippen molar-refractivity contribution in [1.29, 1.82) is 0 Å². The summed E-state index contributed by atoms with van der Waals surface area (Å²) in [7, 11) is 0. The molecule has 3 nitrogen and oxygen atoms in total. The van der Waals surface area contributed by atoms with Crippen molar-refractivity contribution >= 4 is 21.8 Å². The molecule has 3 aromatic heterocycles. The van der Waals surface area contributed by atoms with E-state index >= 15 is 0 Å². The quantitative estimate of drug-likeness (QED) is 0.176. The summed E-state index contributed by atoms with van der Waals surface area (Å²) in [6, 6.07) is 98.1. The first-order chi connectivity index (χ1) is 37.7. The lowest BCUT2D eigenvalue weighted by Gasteiger charge is -2.50. The second kappa shape index (κ2) is 15.2. The highest BCUT2D eigenvalue weighted by molar-refractivity contribution is 6.10. The van der Waals surface area contributed by atoms with E-state index in [0.717, 1.165) is 44.8 Å². The smallest absolute Gasteiger partial charge is 0.0937 e. The fourth-order valence-corrected chi connectivity index (χ4v) is 15.1. The fraction of sp³-hybridized carbons (Fsp3) is 0.0411. The Morgan fingerprint density at radius 1 is 0.276 bits per heavy atom. The first-order valence-corrected chi connectivity index (χ1v) is 26.5. The molecule has 10 aromatic carbocycles. The van der Waals surface area contributed by atoms with Crippen LogP contribution < -0.4 is 0 Å². The van der Waals surface area contributed by atoms with E-state index < -0.39 is 16.2 Å². The van der Waals surface area contributed by atoms with Gasteiger partial charge in [0, 0.05) is 40.0 Å². The van der Waals surface area contributed by atoms with Gasteiger partial charge in [0.15, 0.2) is 0 Å². The van der Waals surface area contributed by atoms with Crippen LogP contribution in [0.2, 0.25) is 0 Å². The van der Waals surface area contributed by atoms with Gasteiger partial charge in [-0.15, -0.1) is 0 Å². The highest BCUT2D eigenvalue weighted by Crippen LogP contribution is 2.69. The highest BCUT2D eigenvalue weighted by Gasteiger charge is 2.60.